The molecule has 0 bridgehead atoms. The molecule has 16 heavy (non-hydrogen) atoms. The van der Waals surface area contributed by atoms with Crippen molar-refractivity contribution >= 4 is 0 Å². The minimum absolute atomic E-state index is 0.0154. The number of hydrogen-bond donors (Lipinski definition) is 1. The minimum Gasteiger partial charge on any atom is -0.309 e. The third-order valence-electron chi connectivity index (χ3n) is 2.80. The molecule has 90 valence electrons. The summed E-state index contributed by atoms with van der Waals surface area (Å²) in [4.78, 5) is 0. The first-order valence-electron chi connectivity index (χ1n) is 5.15. The van der Waals surface area contributed by atoms with Gasteiger partial charge in [-0.2, -0.15) is 13.2 Å². The normalized spacial score (nSPS) is 13.9. The molecule has 1 rings (SSSR count). The molecule has 0 fully saturated rings. The van der Waals surface area contributed by atoms with Gasteiger partial charge in [-0.15, -0.1) is 0 Å². The van der Waals surface area contributed by atoms with E-state index in [1.54, 1.807) is 0 Å². The summed E-state index contributed by atoms with van der Waals surface area (Å²) in [7, 11) is 1.34. The van der Waals surface area contributed by atoms with Crippen molar-refractivity contribution in [1.29, 1.82) is 0 Å². The first-order valence-corrected chi connectivity index (χ1v) is 5.15. The van der Waals surface area contributed by atoms with E-state index in [9.17, 15) is 13.2 Å². The van der Waals surface area contributed by atoms with Crippen LogP contribution in [0.3, 0.4) is 0 Å². The fourth-order valence-corrected chi connectivity index (χ4v) is 1.76. The topological polar surface area (TPSA) is 12.0 Å². The summed E-state index contributed by atoms with van der Waals surface area (Å²) in [6, 6.07) is 4.06. The summed E-state index contributed by atoms with van der Waals surface area (Å²) in [5.41, 5.74) is 2.59. The van der Waals surface area contributed by atoms with Gasteiger partial charge >= 0.3 is 6.18 Å². The molecule has 0 aromatic heterocycles. The fourth-order valence-electron chi connectivity index (χ4n) is 1.76. The Hall–Kier alpha value is -1.03. The molecule has 1 atom stereocenters. The summed E-state index contributed by atoms with van der Waals surface area (Å²) in [5.74, 6) is 0. The van der Waals surface area contributed by atoms with E-state index in [0.29, 0.717) is 0 Å². The molecule has 1 nitrogen and oxygen atoms in total. The molecule has 0 aliphatic heterocycles. The smallest absolute Gasteiger partial charge is 0.309 e. The average Bonchev–Trinajstić information content (AvgIpc) is 2.15. The van der Waals surface area contributed by atoms with Gasteiger partial charge in [0.2, 0.25) is 0 Å². The lowest BCUT2D eigenvalue weighted by Crippen LogP contribution is -2.42. The van der Waals surface area contributed by atoms with Gasteiger partial charge in [0, 0.05) is 0 Å². The highest BCUT2D eigenvalue weighted by Crippen LogP contribution is 2.25. The predicted octanol–water partition coefficient (Wildman–Crippen LogP) is 3.00. The van der Waals surface area contributed by atoms with E-state index in [4.69, 9.17) is 0 Å². The standard InChI is InChI=1S/C12H16F3N/c1-8-5-4-6-9(2)10(8)7-11(16-3)12(13,14)15/h4-6,11,16H,7H2,1-3H3. The number of hydrogen-bond acceptors (Lipinski definition) is 1. The van der Waals surface area contributed by atoms with E-state index in [0.717, 1.165) is 16.7 Å². The molecule has 0 aliphatic carbocycles. The van der Waals surface area contributed by atoms with Crippen LogP contribution in [0.5, 0.6) is 0 Å². The van der Waals surface area contributed by atoms with E-state index in [-0.39, 0.29) is 6.42 Å². The number of alkyl halides is 3. The van der Waals surface area contributed by atoms with E-state index < -0.39 is 12.2 Å². The van der Waals surface area contributed by atoms with Gasteiger partial charge in [-0.3, -0.25) is 0 Å². The average molecular weight is 231 g/mol. The van der Waals surface area contributed by atoms with Gasteiger partial charge in [-0.25, -0.2) is 0 Å². The second-order valence-corrected chi connectivity index (χ2v) is 3.96. The summed E-state index contributed by atoms with van der Waals surface area (Å²) in [6.07, 6.45) is -4.22. The van der Waals surface area contributed by atoms with Crippen LogP contribution in [0.4, 0.5) is 13.2 Å². The lowest BCUT2D eigenvalue weighted by molar-refractivity contribution is -0.154. The molecular formula is C12H16F3N. The Morgan fingerprint density at radius 3 is 2.06 bits per heavy atom. The van der Waals surface area contributed by atoms with Gasteiger partial charge in [-0.05, 0) is 44.0 Å². The maximum atomic E-state index is 12.6. The second kappa shape index (κ2) is 4.87. The van der Waals surface area contributed by atoms with Gasteiger partial charge in [-0.1, -0.05) is 18.2 Å². The molecule has 0 saturated carbocycles. The monoisotopic (exact) mass is 231 g/mol. The molecule has 1 aromatic rings. The van der Waals surface area contributed by atoms with Crippen LogP contribution in [0, 0.1) is 13.8 Å². The number of benzene rings is 1. The maximum absolute atomic E-state index is 12.6. The Bertz CT molecular complexity index is 338. The quantitative estimate of drug-likeness (QED) is 0.843. The Morgan fingerprint density at radius 1 is 1.19 bits per heavy atom. The number of aryl methyl sites for hydroxylation is 2. The molecule has 1 N–H and O–H groups in total. The van der Waals surface area contributed by atoms with Crippen molar-refractivity contribution in [3.05, 3.63) is 34.9 Å². The number of rotatable bonds is 3. The van der Waals surface area contributed by atoms with Crippen LogP contribution in [0.15, 0.2) is 18.2 Å². The van der Waals surface area contributed by atoms with Crippen LogP contribution in [0.25, 0.3) is 0 Å². The van der Waals surface area contributed by atoms with Gasteiger partial charge in [0.05, 0.1) is 0 Å². The Morgan fingerprint density at radius 2 is 1.69 bits per heavy atom. The van der Waals surface area contributed by atoms with Crippen molar-refractivity contribution < 1.29 is 13.2 Å². The Balaban J connectivity index is 2.95. The largest absolute Gasteiger partial charge is 0.404 e. The number of nitrogens with one attached hydrogen (secondary N) is 1. The zero-order valence-electron chi connectivity index (χ0n) is 9.65. The minimum atomic E-state index is -4.20. The molecule has 0 saturated heterocycles. The lowest BCUT2D eigenvalue weighted by Gasteiger charge is -2.21. The third-order valence-corrected chi connectivity index (χ3v) is 2.80. The van der Waals surface area contributed by atoms with Crippen LogP contribution in [0.2, 0.25) is 0 Å². The summed E-state index contributed by atoms with van der Waals surface area (Å²) in [5, 5.41) is 2.32. The van der Waals surface area contributed by atoms with Crippen molar-refractivity contribution in [2.24, 2.45) is 0 Å². The molecule has 0 spiro atoms. The first kappa shape index (κ1) is 13.0. The van der Waals surface area contributed by atoms with Gasteiger partial charge in [0.15, 0.2) is 0 Å². The zero-order chi connectivity index (χ0) is 12.3. The van der Waals surface area contributed by atoms with E-state index in [1.165, 1.54) is 7.05 Å². The number of halogens is 3. The Labute approximate surface area is 93.7 Å². The molecule has 1 aromatic carbocycles. The van der Waals surface area contributed by atoms with Crippen molar-refractivity contribution in [1.82, 2.24) is 5.32 Å². The van der Waals surface area contributed by atoms with Crippen LogP contribution in [0.1, 0.15) is 16.7 Å². The van der Waals surface area contributed by atoms with Gasteiger partial charge in [0.1, 0.15) is 6.04 Å². The van der Waals surface area contributed by atoms with Crippen molar-refractivity contribution in [2.75, 3.05) is 7.05 Å². The second-order valence-electron chi connectivity index (χ2n) is 3.96. The van der Waals surface area contributed by atoms with Crippen LogP contribution < -0.4 is 5.32 Å². The van der Waals surface area contributed by atoms with Crippen LogP contribution in [-0.4, -0.2) is 19.3 Å². The van der Waals surface area contributed by atoms with E-state index in [2.05, 4.69) is 5.32 Å². The lowest BCUT2D eigenvalue weighted by atomic mass is 9.96. The van der Waals surface area contributed by atoms with E-state index >= 15 is 0 Å². The summed E-state index contributed by atoms with van der Waals surface area (Å²) < 4.78 is 37.8. The predicted molar refractivity (Wildman–Crippen MR) is 58.5 cm³/mol. The first-order chi connectivity index (χ1) is 7.36. The third kappa shape index (κ3) is 2.98. The Kier molecular flexibility index (Phi) is 3.97. The van der Waals surface area contributed by atoms with Crippen molar-refractivity contribution in [3.63, 3.8) is 0 Å². The molecular weight excluding hydrogens is 215 g/mol. The van der Waals surface area contributed by atoms with Crippen molar-refractivity contribution in [2.45, 2.75) is 32.5 Å². The van der Waals surface area contributed by atoms with Crippen molar-refractivity contribution in [3.8, 4) is 0 Å². The maximum Gasteiger partial charge on any atom is 0.404 e. The van der Waals surface area contributed by atoms with Crippen LogP contribution >= 0.6 is 0 Å². The van der Waals surface area contributed by atoms with Gasteiger partial charge in [0.25, 0.3) is 0 Å². The highest BCUT2D eigenvalue weighted by Gasteiger charge is 2.38. The molecule has 1 unspecified atom stereocenters. The summed E-state index contributed by atoms with van der Waals surface area (Å²) in [6.45, 7) is 3.68. The molecule has 0 heterocycles. The SMILES string of the molecule is CNC(Cc1c(C)cccc1C)C(F)(F)F. The van der Waals surface area contributed by atoms with Gasteiger partial charge < -0.3 is 5.32 Å². The van der Waals surface area contributed by atoms with Crippen LogP contribution in [-0.2, 0) is 6.42 Å². The fraction of sp³-hybridized carbons (Fsp3) is 0.500. The summed E-state index contributed by atoms with van der Waals surface area (Å²) >= 11 is 0. The highest BCUT2D eigenvalue weighted by atomic mass is 19.4. The molecule has 0 amide bonds. The number of likely N-dealkylation sites (N-methyl/N-ethyl adjacent to an activating group) is 1. The zero-order valence-corrected chi connectivity index (χ0v) is 9.65. The molecule has 0 aliphatic rings. The highest BCUT2D eigenvalue weighted by molar-refractivity contribution is 5.34. The molecule has 4 heteroatoms. The van der Waals surface area contributed by atoms with E-state index in [1.807, 2.05) is 32.0 Å². The molecule has 0 radical (unpaired) electrons.